The first kappa shape index (κ1) is 14.3. The van der Waals surface area contributed by atoms with Gasteiger partial charge in [-0.2, -0.15) is 0 Å². The fourth-order valence-corrected chi connectivity index (χ4v) is 2.92. The third-order valence-corrected chi connectivity index (χ3v) is 4.44. The van der Waals surface area contributed by atoms with Gasteiger partial charge >= 0.3 is 0 Å². The largest absolute Gasteiger partial charge is 0.338 e. The monoisotopic (exact) mass is 305 g/mol. The number of carbonyl (C=O) groups is 1. The number of halogens is 2. The third-order valence-electron chi connectivity index (χ3n) is 3.11. The lowest BCUT2D eigenvalue weighted by molar-refractivity contribution is 0.0787. The van der Waals surface area contributed by atoms with Crippen LogP contribution in [0.2, 0.25) is 0 Å². The molecule has 1 fully saturated rings. The SMILES string of the molecule is CC1CCN(C(=O)c2cc(F)cc(S(=O)(=O)Cl)c2)C1. The lowest BCUT2D eigenvalue weighted by Gasteiger charge is -2.16. The van der Waals surface area contributed by atoms with Gasteiger partial charge in [0.25, 0.3) is 15.0 Å². The highest BCUT2D eigenvalue weighted by Crippen LogP contribution is 2.22. The Labute approximate surface area is 115 Å². The second-order valence-corrected chi connectivity index (χ2v) is 7.32. The summed E-state index contributed by atoms with van der Waals surface area (Å²) in [7, 11) is 1.12. The van der Waals surface area contributed by atoms with Gasteiger partial charge in [-0.15, -0.1) is 0 Å². The Kier molecular flexibility index (Phi) is 3.82. The average molecular weight is 306 g/mol. The van der Waals surface area contributed by atoms with Crippen LogP contribution in [0.25, 0.3) is 0 Å². The topological polar surface area (TPSA) is 54.5 Å². The molecule has 1 aliphatic heterocycles. The summed E-state index contributed by atoms with van der Waals surface area (Å²) >= 11 is 0. The molecule has 0 aliphatic carbocycles. The molecule has 0 N–H and O–H groups in total. The number of amides is 1. The second-order valence-electron chi connectivity index (χ2n) is 4.76. The number of benzene rings is 1. The Morgan fingerprint density at radius 1 is 1.42 bits per heavy atom. The predicted octanol–water partition coefficient (Wildman–Crippen LogP) is 2.24. The summed E-state index contributed by atoms with van der Waals surface area (Å²) in [6, 6.07) is 2.93. The predicted molar refractivity (Wildman–Crippen MR) is 69.1 cm³/mol. The minimum Gasteiger partial charge on any atom is -0.338 e. The van der Waals surface area contributed by atoms with Gasteiger partial charge in [0.05, 0.1) is 4.90 Å². The molecule has 19 heavy (non-hydrogen) atoms. The van der Waals surface area contributed by atoms with Gasteiger partial charge in [0.2, 0.25) is 0 Å². The summed E-state index contributed by atoms with van der Waals surface area (Å²) in [5, 5.41) is 0. The van der Waals surface area contributed by atoms with E-state index in [1.807, 2.05) is 6.92 Å². The van der Waals surface area contributed by atoms with Crippen molar-refractivity contribution in [3.05, 3.63) is 29.6 Å². The Morgan fingerprint density at radius 3 is 2.63 bits per heavy atom. The molecule has 1 amide bonds. The van der Waals surface area contributed by atoms with Gasteiger partial charge in [0.1, 0.15) is 5.82 Å². The standard InChI is InChI=1S/C12H13ClFNO3S/c1-8-2-3-15(7-8)12(16)9-4-10(14)6-11(5-9)19(13,17)18/h4-6,8H,2-3,7H2,1H3. The van der Waals surface area contributed by atoms with Crippen LogP contribution in [-0.4, -0.2) is 32.3 Å². The number of hydrogen-bond acceptors (Lipinski definition) is 3. The Balaban J connectivity index is 2.35. The van der Waals surface area contributed by atoms with Crippen molar-refractivity contribution in [1.29, 1.82) is 0 Å². The van der Waals surface area contributed by atoms with Crippen molar-refractivity contribution in [3.8, 4) is 0 Å². The van der Waals surface area contributed by atoms with E-state index in [1.54, 1.807) is 4.90 Å². The molecule has 2 rings (SSSR count). The van der Waals surface area contributed by atoms with Gasteiger partial charge < -0.3 is 4.90 Å². The molecule has 1 aromatic carbocycles. The quantitative estimate of drug-likeness (QED) is 0.787. The van der Waals surface area contributed by atoms with Crippen LogP contribution in [0.15, 0.2) is 23.1 Å². The van der Waals surface area contributed by atoms with E-state index in [-0.39, 0.29) is 11.5 Å². The summed E-state index contributed by atoms with van der Waals surface area (Å²) in [6.07, 6.45) is 0.891. The fourth-order valence-electron chi connectivity index (χ4n) is 2.13. The molecule has 0 bridgehead atoms. The molecular formula is C12H13ClFNO3S. The first-order chi connectivity index (χ1) is 8.77. The van der Waals surface area contributed by atoms with Gasteiger partial charge in [0.15, 0.2) is 0 Å². The second kappa shape index (κ2) is 5.09. The number of likely N-dealkylation sites (tertiary alicyclic amines) is 1. The molecule has 1 aliphatic rings. The minimum atomic E-state index is -4.05. The third kappa shape index (κ3) is 3.25. The summed E-state index contributed by atoms with van der Waals surface area (Å²) in [4.78, 5) is 13.3. The number of hydrogen-bond donors (Lipinski definition) is 0. The van der Waals surface area contributed by atoms with E-state index in [4.69, 9.17) is 10.7 Å². The van der Waals surface area contributed by atoms with E-state index in [1.165, 1.54) is 0 Å². The van der Waals surface area contributed by atoms with Crippen LogP contribution in [0.1, 0.15) is 23.7 Å². The highest BCUT2D eigenvalue weighted by Gasteiger charge is 2.25. The summed E-state index contributed by atoms with van der Waals surface area (Å²) < 4.78 is 35.8. The zero-order valence-corrected chi connectivity index (χ0v) is 11.8. The van der Waals surface area contributed by atoms with Crippen molar-refractivity contribution in [2.75, 3.05) is 13.1 Å². The van der Waals surface area contributed by atoms with Gasteiger partial charge in [-0.05, 0) is 30.5 Å². The van der Waals surface area contributed by atoms with E-state index >= 15 is 0 Å². The maximum atomic E-state index is 13.4. The molecule has 0 spiro atoms. The van der Waals surface area contributed by atoms with Crippen LogP contribution in [0.3, 0.4) is 0 Å². The number of nitrogens with zero attached hydrogens (tertiary/aromatic N) is 1. The van der Waals surface area contributed by atoms with Crippen LogP contribution >= 0.6 is 10.7 Å². The van der Waals surface area contributed by atoms with E-state index < -0.39 is 19.8 Å². The van der Waals surface area contributed by atoms with Crippen molar-refractivity contribution >= 4 is 25.6 Å². The normalized spacial score (nSPS) is 19.7. The maximum Gasteiger partial charge on any atom is 0.261 e. The van der Waals surface area contributed by atoms with Crippen LogP contribution in [0, 0.1) is 11.7 Å². The molecular weight excluding hydrogens is 293 g/mol. The maximum absolute atomic E-state index is 13.4. The Hall–Kier alpha value is -1.14. The van der Waals surface area contributed by atoms with E-state index in [2.05, 4.69) is 0 Å². The molecule has 1 unspecified atom stereocenters. The molecule has 1 heterocycles. The van der Waals surface area contributed by atoms with Crippen molar-refractivity contribution < 1.29 is 17.6 Å². The van der Waals surface area contributed by atoms with E-state index in [0.717, 1.165) is 24.6 Å². The van der Waals surface area contributed by atoms with Crippen LogP contribution in [0.4, 0.5) is 4.39 Å². The molecule has 1 saturated heterocycles. The molecule has 4 nitrogen and oxygen atoms in total. The van der Waals surface area contributed by atoms with E-state index in [9.17, 15) is 17.6 Å². The molecule has 0 radical (unpaired) electrons. The van der Waals surface area contributed by atoms with Crippen molar-refractivity contribution in [2.24, 2.45) is 5.92 Å². The lowest BCUT2D eigenvalue weighted by atomic mass is 10.2. The molecule has 1 atom stereocenters. The van der Waals surface area contributed by atoms with Crippen LogP contribution in [-0.2, 0) is 9.05 Å². The zero-order valence-electron chi connectivity index (χ0n) is 10.3. The highest BCUT2D eigenvalue weighted by molar-refractivity contribution is 8.13. The first-order valence-corrected chi connectivity index (χ1v) is 8.13. The molecule has 0 aromatic heterocycles. The minimum absolute atomic E-state index is 0.00771. The molecule has 1 aromatic rings. The van der Waals surface area contributed by atoms with Gasteiger partial charge in [-0.1, -0.05) is 6.92 Å². The summed E-state index contributed by atoms with van der Waals surface area (Å²) in [5.74, 6) is -0.767. The summed E-state index contributed by atoms with van der Waals surface area (Å²) in [5.41, 5.74) is 0.00771. The highest BCUT2D eigenvalue weighted by atomic mass is 35.7. The van der Waals surface area contributed by atoms with Crippen LogP contribution < -0.4 is 0 Å². The van der Waals surface area contributed by atoms with Gasteiger partial charge in [0, 0.05) is 29.3 Å². The number of carbonyl (C=O) groups excluding carboxylic acids is 1. The Bertz CT molecular complexity index is 617. The fraction of sp³-hybridized carbons (Fsp3) is 0.417. The molecule has 7 heteroatoms. The van der Waals surface area contributed by atoms with Crippen LogP contribution in [0.5, 0.6) is 0 Å². The first-order valence-electron chi connectivity index (χ1n) is 5.82. The zero-order chi connectivity index (χ0) is 14.2. The van der Waals surface area contributed by atoms with Gasteiger partial charge in [-0.3, -0.25) is 4.79 Å². The molecule has 104 valence electrons. The van der Waals surface area contributed by atoms with Gasteiger partial charge in [-0.25, -0.2) is 12.8 Å². The lowest BCUT2D eigenvalue weighted by Crippen LogP contribution is -2.28. The van der Waals surface area contributed by atoms with Crippen molar-refractivity contribution in [1.82, 2.24) is 4.90 Å². The molecule has 0 saturated carbocycles. The van der Waals surface area contributed by atoms with Crippen molar-refractivity contribution in [2.45, 2.75) is 18.2 Å². The number of rotatable bonds is 2. The van der Waals surface area contributed by atoms with E-state index in [0.29, 0.717) is 19.0 Å². The Morgan fingerprint density at radius 2 is 2.11 bits per heavy atom. The average Bonchev–Trinajstić information content (AvgIpc) is 2.73. The van der Waals surface area contributed by atoms with Crippen molar-refractivity contribution in [3.63, 3.8) is 0 Å². The smallest absolute Gasteiger partial charge is 0.261 e. The summed E-state index contributed by atoms with van der Waals surface area (Å²) in [6.45, 7) is 3.21.